The summed E-state index contributed by atoms with van der Waals surface area (Å²) in [5, 5.41) is 0. The van der Waals surface area contributed by atoms with E-state index in [4.69, 9.17) is 0 Å². The van der Waals surface area contributed by atoms with Gasteiger partial charge in [0.25, 0.3) is 0 Å². The summed E-state index contributed by atoms with van der Waals surface area (Å²) >= 11 is 0. The summed E-state index contributed by atoms with van der Waals surface area (Å²) in [6, 6.07) is 2.46. The fourth-order valence-electron chi connectivity index (χ4n) is 0.592. The average molecular weight is 151 g/mol. The van der Waals surface area contributed by atoms with E-state index in [9.17, 15) is 9.18 Å². The number of pyridine rings is 1. The number of halogens is 1. The molecule has 0 bridgehead atoms. The summed E-state index contributed by atoms with van der Waals surface area (Å²) in [6.07, 6.45) is 1.27. The van der Waals surface area contributed by atoms with E-state index in [1.165, 1.54) is 12.3 Å². The lowest BCUT2D eigenvalue weighted by molar-refractivity contribution is 0.0738. The highest BCUT2D eigenvalue weighted by molar-refractivity contribution is 6.08. The van der Waals surface area contributed by atoms with Crippen LogP contribution in [0.4, 0.5) is 4.39 Å². The summed E-state index contributed by atoms with van der Waals surface area (Å²) in [4.78, 5) is 14.0. The largest absolute Gasteiger partial charge is 0.539 e. The summed E-state index contributed by atoms with van der Waals surface area (Å²) < 4.78 is 16.4. The molecule has 0 saturated heterocycles. The van der Waals surface area contributed by atoms with E-state index in [-0.39, 0.29) is 0 Å². The third kappa shape index (κ3) is 1.55. The van der Waals surface area contributed by atoms with Gasteiger partial charge in [0.05, 0.1) is 0 Å². The Balaban J connectivity index is 3.03. The third-order valence-electron chi connectivity index (χ3n) is 1.06. The molecule has 1 aromatic heterocycles. The Morgan fingerprint density at radius 1 is 1.73 bits per heavy atom. The van der Waals surface area contributed by atoms with Crippen molar-refractivity contribution in [3.63, 3.8) is 0 Å². The lowest BCUT2D eigenvalue weighted by Crippen LogP contribution is -2.07. The van der Waals surface area contributed by atoms with Gasteiger partial charge in [-0.05, 0) is 12.1 Å². The van der Waals surface area contributed by atoms with Gasteiger partial charge in [0, 0.05) is 6.20 Å². The Bertz CT molecular complexity index is 279. The Morgan fingerprint density at radius 2 is 2.45 bits per heavy atom. The molecule has 11 heavy (non-hydrogen) atoms. The average Bonchev–Trinajstić information content (AvgIpc) is 2.04. The number of nitrogens with zero attached hydrogens (tertiary/aromatic N) is 1. The van der Waals surface area contributed by atoms with Gasteiger partial charge >= 0.3 is 14.0 Å². The lowest BCUT2D eigenvalue weighted by Gasteiger charge is -1.97. The van der Waals surface area contributed by atoms with Crippen LogP contribution >= 0.6 is 0 Å². The Hall–Kier alpha value is -1.39. The van der Waals surface area contributed by atoms with Gasteiger partial charge in [-0.25, -0.2) is 14.2 Å². The maximum atomic E-state index is 12.6. The molecule has 0 fully saturated rings. The maximum absolute atomic E-state index is 12.6. The van der Waals surface area contributed by atoms with Crippen LogP contribution in [0.1, 0.15) is 10.5 Å². The van der Waals surface area contributed by atoms with Crippen LogP contribution in [0.2, 0.25) is 0 Å². The highest BCUT2D eigenvalue weighted by Crippen LogP contribution is 2.02. The van der Waals surface area contributed by atoms with E-state index in [1.807, 2.05) is 0 Å². The smallest absolute Gasteiger partial charge is 0.378 e. The van der Waals surface area contributed by atoms with E-state index < -0.39 is 17.5 Å². The van der Waals surface area contributed by atoms with E-state index in [2.05, 4.69) is 17.7 Å². The van der Waals surface area contributed by atoms with Crippen LogP contribution in [-0.4, -0.2) is 19.0 Å². The minimum Gasteiger partial charge on any atom is -0.539 e. The van der Waals surface area contributed by atoms with Crippen LogP contribution < -0.4 is 0 Å². The van der Waals surface area contributed by atoms with Gasteiger partial charge in [-0.15, -0.1) is 0 Å². The number of rotatable bonds is 1. The molecule has 0 spiro atoms. The van der Waals surface area contributed by atoms with Crippen molar-refractivity contribution in [1.29, 1.82) is 0 Å². The fourth-order valence-corrected chi connectivity index (χ4v) is 0.592. The first-order chi connectivity index (χ1) is 5.25. The number of carbonyl (C=O) groups excluding carboxylic acids is 1. The van der Waals surface area contributed by atoms with Crippen molar-refractivity contribution in [3.05, 3.63) is 29.8 Å². The molecule has 0 saturated carbocycles. The SMILES string of the molecule is [B]OC(=O)c1ncccc1F. The Labute approximate surface area is 63.6 Å². The topological polar surface area (TPSA) is 39.2 Å². The Kier molecular flexibility index (Phi) is 2.20. The first kappa shape index (κ1) is 7.72. The van der Waals surface area contributed by atoms with Crippen LogP contribution in [0, 0.1) is 5.82 Å². The highest BCUT2D eigenvalue weighted by atomic mass is 19.1. The second kappa shape index (κ2) is 3.14. The minimum absolute atomic E-state index is 0.407. The maximum Gasteiger partial charge on any atom is 0.378 e. The van der Waals surface area contributed by atoms with Gasteiger partial charge in [-0.3, -0.25) is 0 Å². The predicted octanol–water partition coefficient (Wildman–Crippen LogP) is 0.461. The minimum atomic E-state index is -0.983. The predicted molar refractivity (Wildman–Crippen MR) is 35.4 cm³/mol. The van der Waals surface area contributed by atoms with Crippen LogP contribution in [-0.2, 0) is 4.65 Å². The number of carbonyl (C=O) groups is 1. The van der Waals surface area contributed by atoms with Gasteiger partial charge < -0.3 is 4.65 Å². The second-order valence-electron chi connectivity index (χ2n) is 1.74. The molecule has 0 atom stereocenters. The normalized spacial score (nSPS) is 9.18. The molecule has 1 rings (SSSR count). The molecule has 1 heterocycles. The molecule has 0 unspecified atom stereocenters. The summed E-state index contributed by atoms with van der Waals surface area (Å²) in [6.45, 7) is 0. The lowest BCUT2D eigenvalue weighted by atomic mass is 10.3. The van der Waals surface area contributed by atoms with Gasteiger partial charge in [0.15, 0.2) is 11.5 Å². The van der Waals surface area contributed by atoms with Crippen molar-refractivity contribution in [2.75, 3.05) is 0 Å². The number of aromatic nitrogens is 1. The van der Waals surface area contributed by atoms with Crippen molar-refractivity contribution < 1.29 is 13.8 Å². The monoisotopic (exact) mass is 151 g/mol. The summed E-state index contributed by atoms with van der Waals surface area (Å²) in [5.74, 6) is -1.73. The van der Waals surface area contributed by atoms with Crippen LogP contribution in [0.3, 0.4) is 0 Å². The van der Waals surface area contributed by atoms with Crippen LogP contribution in [0.25, 0.3) is 0 Å². The molecular formula is C6H3BFNO2. The van der Waals surface area contributed by atoms with Crippen LogP contribution in [0.15, 0.2) is 18.3 Å². The van der Waals surface area contributed by atoms with E-state index >= 15 is 0 Å². The fraction of sp³-hybridized carbons (Fsp3) is 0. The van der Waals surface area contributed by atoms with E-state index in [1.54, 1.807) is 0 Å². The zero-order chi connectivity index (χ0) is 8.27. The molecule has 0 aliphatic heterocycles. The standard InChI is InChI=1S/C6H3BFNO2/c7-11-6(10)5-4(8)2-1-3-9-5/h1-3H. The van der Waals surface area contributed by atoms with Crippen molar-refractivity contribution >= 4 is 14.0 Å². The molecule has 0 amide bonds. The van der Waals surface area contributed by atoms with Crippen molar-refractivity contribution in [1.82, 2.24) is 4.98 Å². The van der Waals surface area contributed by atoms with Gasteiger partial charge in [-0.2, -0.15) is 0 Å². The molecule has 0 aliphatic rings. The van der Waals surface area contributed by atoms with Gasteiger partial charge in [0.1, 0.15) is 0 Å². The van der Waals surface area contributed by atoms with E-state index in [0.29, 0.717) is 0 Å². The molecule has 54 valence electrons. The molecule has 0 N–H and O–H groups in total. The quantitative estimate of drug-likeness (QED) is 0.547. The first-order valence-corrected chi connectivity index (χ1v) is 2.77. The van der Waals surface area contributed by atoms with Gasteiger partial charge in [-0.1, -0.05) is 0 Å². The zero-order valence-corrected chi connectivity index (χ0v) is 5.45. The van der Waals surface area contributed by atoms with E-state index in [0.717, 1.165) is 6.07 Å². The molecule has 0 aliphatic carbocycles. The summed E-state index contributed by atoms with van der Waals surface area (Å²) in [7, 11) is 4.52. The first-order valence-electron chi connectivity index (χ1n) is 2.77. The Morgan fingerprint density at radius 3 is 3.00 bits per heavy atom. The summed E-state index contributed by atoms with van der Waals surface area (Å²) in [5.41, 5.74) is -0.407. The highest BCUT2D eigenvalue weighted by Gasteiger charge is 2.10. The van der Waals surface area contributed by atoms with Gasteiger partial charge in [0.2, 0.25) is 0 Å². The van der Waals surface area contributed by atoms with Crippen LogP contribution in [0.5, 0.6) is 0 Å². The number of hydrogen-bond acceptors (Lipinski definition) is 3. The second-order valence-corrected chi connectivity index (χ2v) is 1.74. The molecule has 3 nitrogen and oxygen atoms in total. The van der Waals surface area contributed by atoms with Crippen molar-refractivity contribution in [2.45, 2.75) is 0 Å². The zero-order valence-electron chi connectivity index (χ0n) is 5.45. The molecular weight excluding hydrogens is 148 g/mol. The molecule has 1 aromatic rings. The number of hydrogen-bond donors (Lipinski definition) is 0. The molecule has 0 aromatic carbocycles. The molecule has 5 heteroatoms. The van der Waals surface area contributed by atoms with Crippen molar-refractivity contribution in [3.8, 4) is 0 Å². The van der Waals surface area contributed by atoms with Crippen molar-refractivity contribution in [2.24, 2.45) is 0 Å². The third-order valence-corrected chi connectivity index (χ3v) is 1.06. The molecule has 2 radical (unpaired) electrons.